The molecule has 1 aliphatic heterocycles. The highest BCUT2D eigenvalue weighted by Crippen LogP contribution is 2.32. The Bertz CT molecular complexity index is 422. The first-order valence-corrected chi connectivity index (χ1v) is 4.67. The second kappa shape index (κ2) is 3.46. The summed E-state index contributed by atoms with van der Waals surface area (Å²) in [4.78, 5) is 10.6. The van der Waals surface area contributed by atoms with Crippen LogP contribution in [0.5, 0.6) is 5.75 Å². The molecule has 2 nitrogen and oxygen atoms in total. The highest BCUT2D eigenvalue weighted by molar-refractivity contribution is 6.30. The van der Waals surface area contributed by atoms with Gasteiger partial charge < -0.3 is 4.74 Å². The minimum absolute atomic E-state index is 0.346. The van der Waals surface area contributed by atoms with Crippen molar-refractivity contribution in [3.05, 3.63) is 33.9 Å². The van der Waals surface area contributed by atoms with E-state index in [2.05, 4.69) is 0 Å². The molecule has 0 unspecified atom stereocenters. The molecule has 0 fully saturated rings. The maximum atomic E-state index is 10.6. The third kappa shape index (κ3) is 1.53. The van der Waals surface area contributed by atoms with Gasteiger partial charge >= 0.3 is 0 Å². The number of hydrogen-bond donors (Lipinski definition) is 0. The van der Waals surface area contributed by atoms with E-state index in [1.54, 1.807) is 6.07 Å². The van der Waals surface area contributed by atoms with Gasteiger partial charge in [0.15, 0.2) is 0 Å². The Hall–Kier alpha value is -1.28. The first kappa shape index (κ1) is 9.28. The number of rotatable bonds is 1. The molecule has 0 saturated heterocycles. The van der Waals surface area contributed by atoms with Crippen LogP contribution in [0.15, 0.2) is 17.7 Å². The summed E-state index contributed by atoms with van der Waals surface area (Å²) in [5.41, 5.74) is 2.51. The summed E-state index contributed by atoms with van der Waals surface area (Å²) in [5.74, 6) is 0.819. The van der Waals surface area contributed by atoms with Crippen LogP contribution in [0.4, 0.5) is 0 Å². The van der Waals surface area contributed by atoms with E-state index < -0.39 is 0 Å². The normalized spacial score (nSPS) is 14.0. The summed E-state index contributed by atoms with van der Waals surface area (Å²) in [5, 5.41) is 0.660. The zero-order chi connectivity index (χ0) is 10.1. The van der Waals surface area contributed by atoms with Crippen LogP contribution >= 0.6 is 11.6 Å². The first-order valence-electron chi connectivity index (χ1n) is 4.29. The zero-order valence-corrected chi connectivity index (χ0v) is 8.47. The maximum absolute atomic E-state index is 10.6. The van der Waals surface area contributed by atoms with Gasteiger partial charge in [0.1, 0.15) is 18.6 Å². The highest BCUT2D eigenvalue weighted by Gasteiger charge is 2.13. The Balaban J connectivity index is 2.57. The molecule has 0 aromatic heterocycles. The third-order valence-electron chi connectivity index (χ3n) is 2.14. The summed E-state index contributed by atoms with van der Waals surface area (Å²) < 4.78 is 5.45. The number of hydrogen-bond acceptors (Lipinski definition) is 2. The minimum atomic E-state index is 0.346. The van der Waals surface area contributed by atoms with E-state index in [1.165, 1.54) is 0 Å². The molecule has 0 N–H and O–H groups in total. The molecule has 72 valence electrons. The van der Waals surface area contributed by atoms with Gasteiger partial charge in [-0.15, -0.1) is 0 Å². The lowest BCUT2D eigenvalue weighted by Gasteiger charge is -2.17. The fourth-order valence-electron chi connectivity index (χ4n) is 1.53. The number of benzene rings is 1. The quantitative estimate of drug-likeness (QED) is 0.664. The van der Waals surface area contributed by atoms with Gasteiger partial charge in [0.25, 0.3) is 0 Å². The summed E-state index contributed by atoms with van der Waals surface area (Å²) in [7, 11) is 0. The van der Waals surface area contributed by atoms with Gasteiger partial charge in [-0.1, -0.05) is 11.6 Å². The number of halogens is 1. The monoisotopic (exact) mass is 208 g/mol. The van der Waals surface area contributed by atoms with Gasteiger partial charge in [0.05, 0.1) is 0 Å². The third-order valence-corrected chi connectivity index (χ3v) is 2.36. The number of ether oxygens (including phenoxy) is 1. The van der Waals surface area contributed by atoms with Crippen molar-refractivity contribution in [3.8, 4) is 5.75 Å². The SMILES string of the molecule is Cc1cc(Cl)cc2c1OCC(C=O)=C2. The van der Waals surface area contributed by atoms with Crippen LogP contribution in [0.3, 0.4) is 0 Å². The van der Waals surface area contributed by atoms with Gasteiger partial charge in [0, 0.05) is 16.2 Å². The largest absolute Gasteiger partial charge is 0.488 e. The maximum Gasteiger partial charge on any atom is 0.149 e. The molecule has 0 saturated carbocycles. The predicted molar refractivity (Wildman–Crippen MR) is 55.7 cm³/mol. The lowest BCUT2D eigenvalue weighted by molar-refractivity contribution is -0.105. The summed E-state index contributed by atoms with van der Waals surface area (Å²) >= 11 is 5.90. The van der Waals surface area contributed by atoms with Gasteiger partial charge in [-0.3, -0.25) is 4.79 Å². The van der Waals surface area contributed by atoms with Crippen molar-refractivity contribution in [2.75, 3.05) is 6.61 Å². The van der Waals surface area contributed by atoms with E-state index in [-0.39, 0.29) is 0 Å². The van der Waals surface area contributed by atoms with Crippen molar-refractivity contribution in [1.82, 2.24) is 0 Å². The molecule has 1 heterocycles. The molecule has 0 bridgehead atoms. The fraction of sp³-hybridized carbons (Fsp3) is 0.182. The Labute approximate surface area is 87.1 Å². The molecule has 3 heteroatoms. The Morgan fingerprint density at radius 3 is 3.00 bits per heavy atom. The van der Waals surface area contributed by atoms with Crippen molar-refractivity contribution >= 4 is 24.0 Å². The average molecular weight is 209 g/mol. The minimum Gasteiger partial charge on any atom is -0.488 e. The van der Waals surface area contributed by atoms with Gasteiger partial charge in [0.2, 0.25) is 0 Å². The summed E-state index contributed by atoms with van der Waals surface area (Å²) in [6.45, 7) is 2.28. The lowest BCUT2D eigenvalue weighted by Crippen LogP contribution is -2.09. The molecule has 0 atom stereocenters. The van der Waals surface area contributed by atoms with Crippen LogP contribution in [0.25, 0.3) is 6.08 Å². The number of carbonyl (C=O) groups excluding carboxylic acids is 1. The van der Waals surface area contributed by atoms with Gasteiger partial charge in [-0.05, 0) is 30.7 Å². The molecule has 0 radical (unpaired) electrons. The number of aldehydes is 1. The standard InChI is InChI=1S/C11H9ClO2/c1-7-2-10(12)4-9-3-8(5-13)6-14-11(7)9/h2-5H,6H2,1H3. The van der Waals surface area contributed by atoms with E-state index >= 15 is 0 Å². The zero-order valence-electron chi connectivity index (χ0n) is 7.71. The molecule has 1 aliphatic rings. The Kier molecular flexibility index (Phi) is 2.30. The van der Waals surface area contributed by atoms with Crippen molar-refractivity contribution in [3.63, 3.8) is 0 Å². The molecule has 0 spiro atoms. The van der Waals surface area contributed by atoms with E-state index in [1.807, 2.05) is 19.1 Å². The predicted octanol–water partition coefficient (Wildman–Crippen LogP) is 2.62. The molecular weight excluding hydrogens is 200 g/mol. The van der Waals surface area contributed by atoms with Crippen molar-refractivity contribution < 1.29 is 9.53 Å². The molecule has 1 aromatic rings. The fourth-order valence-corrected chi connectivity index (χ4v) is 1.81. The van der Waals surface area contributed by atoms with Crippen LogP contribution in [0, 0.1) is 6.92 Å². The molecule has 0 aliphatic carbocycles. The summed E-state index contributed by atoms with van der Waals surface area (Å²) in [6, 6.07) is 3.65. The summed E-state index contributed by atoms with van der Waals surface area (Å²) in [6.07, 6.45) is 2.61. The van der Waals surface area contributed by atoms with Gasteiger partial charge in [-0.2, -0.15) is 0 Å². The lowest BCUT2D eigenvalue weighted by atomic mass is 10.0. The number of carbonyl (C=O) groups is 1. The Morgan fingerprint density at radius 1 is 1.50 bits per heavy atom. The van der Waals surface area contributed by atoms with Gasteiger partial charge in [-0.25, -0.2) is 0 Å². The van der Waals surface area contributed by atoms with Crippen molar-refractivity contribution in [2.24, 2.45) is 0 Å². The van der Waals surface area contributed by atoms with Crippen LogP contribution in [0.1, 0.15) is 11.1 Å². The first-order chi connectivity index (χ1) is 6.70. The molecule has 2 rings (SSSR count). The van der Waals surface area contributed by atoms with E-state index in [0.717, 1.165) is 23.2 Å². The molecule has 0 amide bonds. The smallest absolute Gasteiger partial charge is 0.149 e. The Morgan fingerprint density at radius 2 is 2.29 bits per heavy atom. The van der Waals surface area contributed by atoms with Crippen LogP contribution in [-0.4, -0.2) is 12.9 Å². The molecule has 14 heavy (non-hydrogen) atoms. The molecular formula is C11H9ClO2. The van der Waals surface area contributed by atoms with Crippen molar-refractivity contribution in [1.29, 1.82) is 0 Å². The highest BCUT2D eigenvalue weighted by atomic mass is 35.5. The topological polar surface area (TPSA) is 26.3 Å². The van der Waals surface area contributed by atoms with E-state index in [9.17, 15) is 4.79 Å². The van der Waals surface area contributed by atoms with Crippen LogP contribution in [0.2, 0.25) is 5.02 Å². The van der Waals surface area contributed by atoms with Crippen LogP contribution < -0.4 is 4.74 Å². The van der Waals surface area contributed by atoms with Crippen molar-refractivity contribution in [2.45, 2.75) is 6.92 Å². The van der Waals surface area contributed by atoms with E-state index in [0.29, 0.717) is 17.2 Å². The molecule has 1 aromatic carbocycles. The second-order valence-corrected chi connectivity index (χ2v) is 3.70. The van der Waals surface area contributed by atoms with Crippen LogP contribution in [-0.2, 0) is 4.79 Å². The average Bonchev–Trinajstić information content (AvgIpc) is 2.16. The second-order valence-electron chi connectivity index (χ2n) is 3.27. The number of fused-ring (bicyclic) bond motifs is 1. The van der Waals surface area contributed by atoms with E-state index in [4.69, 9.17) is 16.3 Å². The number of aryl methyl sites for hydroxylation is 1.